The molecule has 2 rings (SSSR count). The minimum atomic E-state index is 0.232. The highest BCUT2D eigenvalue weighted by Gasteiger charge is 2.12. The molecule has 0 aliphatic carbocycles. The molecule has 4 heteroatoms. The van der Waals surface area contributed by atoms with Crippen LogP contribution in [0.1, 0.15) is 30.6 Å². The maximum atomic E-state index is 4.34. The molecule has 0 radical (unpaired) electrons. The Kier molecular flexibility index (Phi) is 4.78. The van der Waals surface area contributed by atoms with E-state index in [-0.39, 0.29) is 6.04 Å². The molecule has 1 unspecified atom stereocenters. The average Bonchev–Trinajstić information content (AvgIpc) is 2.45. The molecule has 18 heavy (non-hydrogen) atoms. The van der Waals surface area contributed by atoms with E-state index < -0.39 is 0 Å². The molecular weight excluding hydrogens is 224 g/mol. The van der Waals surface area contributed by atoms with Crippen molar-refractivity contribution >= 4 is 0 Å². The number of hydrogen-bond acceptors (Lipinski definition) is 4. The van der Waals surface area contributed by atoms with Gasteiger partial charge in [-0.25, -0.2) is 9.97 Å². The maximum absolute atomic E-state index is 4.34. The molecule has 0 saturated carbocycles. The van der Waals surface area contributed by atoms with Gasteiger partial charge in [-0.2, -0.15) is 0 Å². The van der Waals surface area contributed by atoms with E-state index in [9.17, 15) is 0 Å². The zero-order valence-electron chi connectivity index (χ0n) is 10.6. The summed E-state index contributed by atoms with van der Waals surface area (Å²) in [6.07, 6.45) is 9.06. The highest BCUT2D eigenvalue weighted by Crippen LogP contribution is 2.15. The first-order valence-corrected chi connectivity index (χ1v) is 6.28. The van der Waals surface area contributed by atoms with Crippen molar-refractivity contribution in [3.8, 4) is 0 Å². The molecule has 4 nitrogen and oxygen atoms in total. The van der Waals surface area contributed by atoms with Gasteiger partial charge in [0.2, 0.25) is 0 Å². The zero-order valence-corrected chi connectivity index (χ0v) is 10.6. The van der Waals surface area contributed by atoms with E-state index in [1.54, 1.807) is 12.5 Å². The zero-order chi connectivity index (χ0) is 12.6. The van der Waals surface area contributed by atoms with Gasteiger partial charge in [0, 0.05) is 18.6 Å². The van der Waals surface area contributed by atoms with Crippen LogP contribution in [0.2, 0.25) is 0 Å². The van der Waals surface area contributed by atoms with Gasteiger partial charge in [0.05, 0.1) is 11.7 Å². The highest BCUT2D eigenvalue weighted by atomic mass is 14.9. The molecule has 2 aromatic rings. The Morgan fingerprint density at radius 3 is 2.56 bits per heavy atom. The van der Waals surface area contributed by atoms with Crippen LogP contribution in [0.25, 0.3) is 0 Å². The van der Waals surface area contributed by atoms with Crippen molar-refractivity contribution in [2.45, 2.75) is 25.8 Å². The summed E-state index contributed by atoms with van der Waals surface area (Å²) in [5, 5.41) is 3.52. The monoisotopic (exact) mass is 242 g/mol. The van der Waals surface area contributed by atoms with Crippen LogP contribution in [0.4, 0.5) is 0 Å². The van der Waals surface area contributed by atoms with Crippen LogP contribution < -0.4 is 5.32 Å². The van der Waals surface area contributed by atoms with Crippen LogP contribution >= 0.6 is 0 Å². The van der Waals surface area contributed by atoms with E-state index in [1.165, 1.54) is 5.56 Å². The second kappa shape index (κ2) is 6.81. The number of pyridine rings is 1. The van der Waals surface area contributed by atoms with Gasteiger partial charge in [-0.1, -0.05) is 6.92 Å². The maximum Gasteiger partial charge on any atom is 0.115 e. The Morgan fingerprint density at radius 2 is 1.89 bits per heavy atom. The summed E-state index contributed by atoms with van der Waals surface area (Å²) in [6.45, 7) is 3.15. The predicted octanol–water partition coefficient (Wildman–Crippen LogP) is 2.16. The lowest BCUT2D eigenvalue weighted by Crippen LogP contribution is -2.25. The van der Waals surface area contributed by atoms with Crippen LogP contribution in [0.5, 0.6) is 0 Å². The first-order chi connectivity index (χ1) is 8.90. The summed E-state index contributed by atoms with van der Waals surface area (Å²) in [5.74, 6) is 0. The van der Waals surface area contributed by atoms with Gasteiger partial charge in [-0.3, -0.25) is 4.98 Å². The summed E-state index contributed by atoms with van der Waals surface area (Å²) >= 11 is 0. The predicted molar refractivity (Wildman–Crippen MR) is 71.0 cm³/mol. The van der Waals surface area contributed by atoms with Crippen LogP contribution in [0.3, 0.4) is 0 Å². The van der Waals surface area contributed by atoms with Crippen LogP contribution in [0.15, 0.2) is 43.1 Å². The van der Waals surface area contributed by atoms with Crippen LogP contribution in [-0.2, 0) is 6.42 Å². The minimum absolute atomic E-state index is 0.232. The van der Waals surface area contributed by atoms with E-state index in [1.807, 2.05) is 30.6 Å². The summed E-state index contributed by atoms with van der Waals surface area (Å²) in [5.41, 5.74) is 2.30. The Bertz CT molecular complexity index is 444. The van der Waals surface area contributed by atoms with Crippen molar-refractivity contribution in [1.82, 2.24) is 20.3 Å². The third-order valence-corrected chi connectivity index (χ3v) is 2.79. The smallest absolute Gasteiger partial charge is 0.115 e. The Morgan fingerprint density at radius 1 is 1.11 bits per heavy atom. The van der Waals surface area contributed by atoms with Gasteiger partial charge in [0.25, 0.3) is 0 Å². The van der Waals surface area contributed by atoms with Crippen molar-refractivity contribution < 1.29 is 0 Å². The number of hydrogen-bond donors (Lipinski definition) is 1. The van der Waals surface area contributed by atoms with Crippen LogP contribution in [-0.4, -0.2) is 21.5 Å². The first kappa shape index (κ1) is 12.6. The fourth-order valence-corrected chi connectivity index (χ4v) is 1.86. The van der Waals surface area contributed by atoms with Crippen molar-refractivity contribution in [2.24, 2.45) is 0 Å². The summed E-state index contributed by atoms with van der Waals surface area (Å²) in [4.78, 5) is 12.3. The number of nitrogens with one attached hydrogen (secondary N) is 1. The van der Waals surface area contributed by atoms with E-state index in [0.717, 1.165) is 25.1 Å². The van der Waals surface area contributed by atoms with Crippen molar-refractivity contribution in [3.63, 3.8) is 0 Å². The molecule has 0 amide bonds. The molecule has 0 aromatic carbocycles. The normalized spacial score (nSPS) is 12.3. The molecule has 0 fully saturated rings. The van der Waals surface area contributed by atoms with E-state index in [2.05, 4.69) is 27.2 Å². The fraction of sp³-hybridized carbons (Fsp3) is 0.357. The lowest BCUT2D eigenvalue weighted by Gasteiger charge is -2.17. The second-order valence-electron chi connectivity index (χ2n) is 4.20. The summed E-state index contributed by atoms with van der Waals surface area (Å²) in [6, 6.07) is 6.29. The lowest BCUT2D eigenvalue weighted by atomic mass is 10.0. The van der Waals surface area contributed by atoms with Crippen molar-refractivity contribution in [1.29, 1.82) is 0 Å². The molecule has 0 spiro atoms. The van der Waals surface area contributed by atoms with E-state index in [4.69, 9.17) is 0 Å². The largest absolute Gasteiger partial charge is 0.308 e. The van der Waals surface area contributed by atoms with Crippen molar-refractivity contribution in [3.05, 3.63) is 54.4 Å². The first-order valence-electron chi connectivity index (χ1n) is 6.28. The van der Waals surface area contributed by atoms with Gasteiger partial charge in [-0.15, -0.1) is 0 Å². The van der Waals surface area contributed by atoms with Gasteiger partial charge < -0.3 is 5.32 Å². The topological polar surface area (TPSA) is 50.7 Å². The van der Waals surface area contributed by atoms with Gasteiger partial charge in [-0.05, 0) is 43.1 Å². The number of nitrogens with zero attached hydrogens (tertiary/aromatic N) is 3. The second-order valence-corrected chi connectivity index (χ2v) is 4.20. The summed E-state index contributed by atoms with van der Waals surface area (Å²) < 4.78 is 0. The minimum Gasteiger partial charge on any atom is -0.308 e. The molecule has 2 heterocycles. The standard InChI is InChI=1S/C14H18N4/c1-2-6-17-14(13-5-9-16-11-18-13)10-12-3-7-15-8-4-12/h3-5,7-9,11,14,17H,2,6,10H2,1H3. The van der Waals surface area contributed by atoms with E-state index >= 15 is 0 Å². The number of rotatable bonds is 6. The average molecular weight is 242 g/mol. The van der Waals surface area contributed by atoms with Gasteiger partial charge in [0.15, 0.2) is 0 Å². The molecular formula is C14H18N4. The highest BCUT2D eigenvalue weighted by molar-refractivity contribution is 5.15. The molecule has 94 valence electrons. The molecule has 0 aliphatic heterocycles. The SMILES string of the molecule is CCCNC(Cc1ccncc1)c1ccncn1. The van der Waals surface area contributed by atoms with Gasteiger partial charge >= 0.3 is 0 Å². The molecule has 2 aromatic heterocycles. The molecule has 1 N–H and O–H groups in total. The lowest BCUT2D eigenvalue weighted by molar-refractivity contribution is 0.516. The van der Waals surface area contributed by atoms with Crippen LogP contribution in [0, 0.1) is 0 Å². The number of aromatic nitrogens is 3. The summed E-state index contributed by atoms with van der Waals surface area (Å²) in [7, 11) is 0. The molecule has 0 saturated heterocycles. The molecule has 0 bridgehead atoms. The molecule has 1 atom stereocenters. The third-order valence-electron chi connectivity index (χ3n) is 2.79. The third kappa shape index (κ3) is 3.60. The fourth-order valence-electron chi connectivity index (χ4n) is 1.86. The Balaban J connectivity index is 2.10. The molecule has 0 aliphatic rings. The Labute approximate surface area is 108 Å². The Hall–Kier alpha value is -1.81. The quantitative estimate of drug-likeness (QED) is 0.843. The van der Waals surface area contributed by atoms with Gasteiger partial charge in [0.1, 0.15) is 6.33 Å². The van der Waals surface area contributed by atoms with E-state index in [0.29, 0.717) is 0 Å². The van der Waals surface area contributed by atoms with Crippen molar-refractivity contribution in [2.75, 3.05) is 6.54 Å².